The minimum atomic E-state index is 0.143. The Morgan fingerprint density at radius 1 is 1.03 bits per heavy atom. The summed E-state index contributed by atoms with van der Waals surface area (Å²) >= 11 is 5.62. The number of benzene rings is 2. The maximum absolute atomic E-state index is 5.62. The highest BCUT2D eigenvalue weighted by Gasteiger charge is 2.50. The highest BCUT2D eigenvalue weighted by molar-refractivity contribution is 7.80. The lowest BCUT2D eigenvalue weighted by Gasteiger charge is -2.45. The number of fused-ring (bicyclic) bond motifs is 1. The van der Waals surface area contributed by atoms with Crippen molar-refractivity contribution < 1.29 is 14.2 Å². The van der Waals surface area contributed by atoms with Gasteiger partial charge in [0.25, 0.3) is 0 Å². The predicted octanol–water partition coefficient (Wildman–Crippen LogP) is 3.87. The van der Waals surface area contributed by atoms with Crippen LogP contribution in [0.4, 0.5) is 0 Å². The maximum atomic E-state index is 5.62. The number of hydrogen-bond donors (Lipinski definition) is 2. The Bertz CT molecular complexity index is 968. The molecular weight excluding hydrogens is 434 g/mol. The Kier molecular flexibility index (Phi) is 7.29. The molecule has 6 nitrogen and oxygen atoms in total. The summed E-state index contributed by atoms with van der Waals surface area (Å²) in [5, 5.41) is 7.66. The molecule has 1 saturated heterocycles. The second-order valence-corrected chi connectivity index (χ2v) is 9.53. The van der Waals surface area contributed by atoms with E-state index in [0.29, 0.717) is 18.6 Å². The molecule has 178 valence electrons. The van der Waals surface area contributed by atoms with E-state index >= 15 is 0 Å². The van der Waals surface area contributed by atoms with Gasteiger partial charge < -0.3 is 29.7 Å². The van der Waals surface area contributed by atoms with Gasteiger partial charge in [0, 0.05) is 24.0 Å². The van der Waals surface area contributed by atoms with Crippen LogP contribution in [0.5, 0.6) is 17.2 Å². The first kappa shape index (κ1) is 23.6. The average molecular weight is 470 g/mol. The summed E-state index contributed by atoms with van der Waals surface area (Å²) in [4.78, 5) is 2.51. The molecule has 0 spiro atoms. The van der Waals surface area contributed by atoms with Crippen molar-refractivity contribution in [2.24, 2.45) is 0 Å². The summed E-state index contributed by atoms with van der Waals surface area (Å²) < 4.78 is 16.3. The molecule has 2 aromatic carbocycles. The zero-order valence-electron chi connectivity index (χ0n) is 20.0. The fourth-order valence-electron chi connectivity index (χ4n) is 5.56. The third-order valence-corrected chi connectivity index (χ3v) is 7.70. The van der Waals surface area contributed by atoms with E-state index in [4.69, 9.17) is 26.4 Å². The average Bonchev–Trinajstić information content (AvgIpc) is 3.19. The van der Waals surface area contributed by atoms with Crippen LogP contribution in [0.15, 0.2) is 42.5 Å². The molecule has 0 bridgehead atoms. The Morgan fingerprint density at radius 2 is 1.79 bits per heavy atom. The van der Waals surface area contributed by atoms with Crippen molar-refractivity contribution in [3.8, 4) is 17.2 Å². The van der Waals surface area contributed by atoms with E-state index in [0.717, 1.165) is 54.6 Å². The fraction of sp³-hybridized carbons (Fsp3) is 0.500. The van der Waals surface area contributed by atoms with Crippen LogP contribution in [-0.2, 0) is 12.0 Å². The summed E-state index contributed by atoms with van der Waals surface area (Å²) in [5.41, 5.74) is 2.67. The summed E-state index contributed by atoms with van der Waals surface area (Å²) in [6, 6.07) is 15.3. The van der Waals surface area contributed by atoms with E-state index in [1.807, 2.05) is 18.2 Å². The molecule has 1 aliphatic carbocycles. The number of methoxy groups -OCH3 is 3. The van der Waals surface area contributed by atoms with Crippen LogP contribution in [-0.4, -0.2) is 57.0 Å². The van der Waals surface area contributed by atoms with Crippen molar-refractivity contribution in [2.45, 2.75) is 49.7 Å². The molecule has 0 unspecified atom stereocenters. The molecule has 2 N–H and O–H groups in total. The van der Waals surface area contributed by atoms with Gasteiger partial charge in [-0.3, -0.25) is 0 Å². The molecule has 2 aliphatic rings. The molecule has 33 heavy (non-hydrogen) atoms. The number of hydrogen-bond acceptors (Lipinski definition) is 5. The Labute approximate surface area is 202 Å². The number of nitrogens with zero attached hydrogens (tertiary/aromatic N) is 1. The molecule has 7 heteroatoms. The Morgan fingerprint density at radius 3 is 2.48 bits per heavy atom. The summed E-state index contributed by atoms with van der Waals surface area (Å²) in [5.74, 6) is 2.45. The van der Waals surface area contributed by atoms with Crippen molar-refractivity contribution >= 4 is 17.3 Å². The van der Waals surface area contributed by atoms with Gasteiger partial charge >= 0.3 is 0 Å². The van der Waals surface area contributed by atoms with Crippen LogP contribution in [0, 0.1) is 0 Å². The SMILES string of the molecule is COc1ccc(CNC(=S)N[C@@H]2CC[C@@]3(c4ccc(OC)c(OC)c4)CCN(C)[C@H]3C2)cc1. The fourth-order valence-corrected chi connectivity index (χ4v) is 5.80. The van der Waals surface area contributed by atoms with Crippen LogP contribution in [0.1, 0.15) is 36.8 Å². The van der Waals surface area contributed by atoms with E-state index < -0.39 is 0 Å². The van der Waals surface area contributed by atoms with Gasteiger partial charge in [0.1, 0.15) is 5.75 Å². The molecule has 2 fully saturated rings. The van der Waals surface area contributed by atoms with E-state index in [-0.39, 0.29) is 5.41 Å². The first-order valence-electron chi connectivity index (χ1n) is 11.6. The van der Waals surface area contributed by atoms with Crippen molar-refractivity contribution in [3.05, 3.63) is 53.6 Å². The molecule has 1 aliphatic heterocycles. The monoisotopic (exact) mass is 469 g/mol. The van der Waals surface area contributed by atoms with Gasteiger partial charge in [0.15, 0.2) is 16.6 Å². The van der Waals surface area contributed by atoms with E-state index in [1.54, 1.807) is 21.3 Å². The lowest BCUT2D eigenvalue weighted by molar-refractivity contribution is 0.161. The number of rotatable bonds is 7. The smallest absolute Gasteiger partial charge is 0.166 e. The lowest BCUT2D eigenvalue weighted by atomic mass is 9.65. The predicted molar refractivity (Wildman–Crippen MR) is 135 cm³/mol. The molecule has 2 aromatic rings. The molecule has 0 amide bonds. The van der Waals surface area contributed by atoms with E-state index in [9.17, 15) is 0 Å². The minimum absolute atomic E-state index is 0.143. The topological polar surface area (TPSA) is 55.0 Å². The largest absolute Gasteiger partial charge is 0.497 e. The van der Waals surface area contributed by atoms with Crippen LogP contribution >= 0.6 is 12.2 Å². The summed E-state index contributed by atoms with van der Waals surface area (Å²) in [7, 11) is 7.32. The first-order chi connectivity index (χ1) is 16.0. The quantitative estimate of drug-likeness (QED) is 0.597. The number of ether oxygens (including phenoxy) is 3. The van der Waals surface area contributed by atoms with Crippen molar-refractivity contribution in [3.63, 3.8) is 0 Å². The second-order valence-electron chi connectivity index (χ2n) is 9.12. The zero-order chi connectivity index (χ0) is 23.4. The molecule has 1 heterocycles. The summed E-state index contributed by atoms with van der Waals surface area (Å²) in [6.07, 6.45) is 4.44. The normalized spacial score (nSPS) is 24.6. The van der Waals surface area contributed by atoms with Crippen molar-refractivity contribution in [1.29, 1.82) is 0 Å². The third-order valence-electron chi connectivity index (χ3n) is 7.43. The highest BCUT2D eigenvalue weighted by atomic mass is 32.1. The van der Waals surface area contributed by atoms with Gasteiger partial charge in [-0.25, -0.2) is 0 Å². The molecule has 0 radical (unpaired) electrons. The number of likely N-dealkylation sites (N-methyl/N-ethyl adjacent to an activating group) is 1. The number of thiocarbonyl (C=S) groups is 1. The van der Waals surface area contributed by atoms with E-state index in [2.05, 4.69) is 46.8 Å². The maximum Gasteiger partial charge on any atom is 0.166 e. The van der Waals surface area contributed by atoms with Crippen molar-refractivity contribution in [1.82, 2.24) is 15.5 Å². The van der Waals surface area contributed by atoms with Crippen LogP contribution in [0.2, 0.25) is 0 Å². The number of likely N-dealkylation sites (tertiary alicyclic amines) is 1. The van der Waals surface area contributed by atoms with Gasteiger partial charge in [0.05, 0.1) is 21.3 Å². The van der Waals surface area contributed by atoms with Gasteiger partial charge in [-0.15, -0.1) is 0 Å². The first-order valence-corrected chi connectivity index (χ1v) is 12.0. The Balaban J connectivity index is 1.40. The standard InChI is InChI=1S/C26H35N3O3S/c1-29-14-13-26(19-7-10-22(31-3)23(15-19)32-4)12-11-20(16-24(26)29)28-25(33)27-17-18-5-8-21(30-2)9-6-18/h5-10,15,20,24H,11-14,16-17H2,1-4H3,(H2,27,28,33)/t20-,24+,26+/m1/s1. The molecule has 1 saturated carbocycles. The van der Waals surface area contributed by atoms with Crippen LogP contribution < -0.4 is 24.8 Å². The third kappa shape index (κ3) is 4.89. The second kappa shape index (κ2) is 10.2. The molecule has 4 rings (SSSR count). The van der Waals surface area contributed by atoms with Gasteiger partial charge in [0.2, 0.25) is 0 Å². The van der Waals surface area contributed by atoms with Crippen LogP contribution in [0.25, 0.3) is 0 Å². The Hall–Kier alpha value is -2.51. The highest BCUT2D eigenvalue weighted by Crippen LogP contribution is 2.49. The van der Waals surface area contributed by atoms with Gasteiger partial charge in [-0.1, -0.05) is 18.2 Å². The number of nitrogens with one attached hydrogen (secondary N) is 2. The van der Waals surface area contributed by atoms with Crippen LogP contribution in [0.3, 0.4) is 0 Å². The zero-order valence-corrected chi connectivity index (χ0v) is 20.8. The molecule has 3 atom stereocenters. The summed E-state index contributed by atoms with van der Waals surface area (Å²) in [6.45, 7) is 1.80. The van der Waals surface area contributed by atoms with Gasteiger partial charge in [-0.2, -0.15) is 0 Å². The molecular formula is C26H35N3O3S. The lowest BCUT2D eigenvalue weighted by Crippen LogP contribution is -2.53. The van der Waals surface area contributed by atoms with Crippen molar-refractivity contribution in [2.75, 3.05) is 34.9 Å². The minimum Gasteiger partial charge on any atom is -0.497 e. The molecule has 0 aromatic heterocycles. The van der Waals surface area contributed by atoms with Gasteiger partial charge in [-0.05, 0) is 86.9 Å². The van der Waals surface area contributed by atoms with E-state index in [1.165, 1.54) is 11.1 Å².